The summed E-state index contributed by atoms with van der Waals surface area (Å²) in [5.74, 6) is 0.378. The summed E-state index contributed by atoms with van der Waals surface area (Å²) in [6.45, 7) is 4.03. The highest BCUT2D eigenvalue weighted by Crippen LogP contribution is 2.37. The Bertz CT molecular complexity index is 1060. The normalized spacial score (nSPS) is 26.1. The number of hydrogen-bond donors (Lipinski definition) is 1. The molecule has 200 valence electrons. The predicted octanol–water partition coefficient (Wildman–Crippen LogP) is 4.45. The number of likely N-dealkylation sites (N-methyl/N-ethyl adjacent to an activating group) is 1. The van der Waals surface area contributed by atoms with E-state index < -0.39 is 16.1 Å². The second-order valence-corrected chi connectivity index (χ2v) is 12.8. The number of carbonyl (C=O) groups is 1. The van der Waals surface area contributed by atoms with Crippen LogP contribution in [0.3, 0.4) is 0 Å². The fraction of sp³-hybridized carbons (Fsp3) is 0.679. The topological polar surface area (TPSA) is 87.2 Å². The van der Waals surface area contributed by atoms with Crippen LogP contribution < -0.4 is 4.74 Å². The number of ether oxygens (including phenoxy) is 1. The number of allylic oxidation sites excluding steroid dienone is 2. The standard InChI is InChI=1S/C28H42N2O5S/c1-20-17-30(21(2)19-31)36(33,34)27-15-14-24(22-10-6-4-7-11-22)16-25(27)35-26(20)18-29(3)28(32)23-12-8-5-9-13-23/h10,14-16,20-21,23,26,31H,4-9,11-13,17-19H2,1-3H3/t20-,21-,26-/m0/s1. The Hall–Kier alpha value is -1.90. The molecular weight excluding hydrogens is 476 g/mol. The molecule has 36 heavy (non-hydrogen) atoms. The minimum atomic E-state index is -3.87. The predicted molar refractivity (Wildman–Crippen MR) is 141 cm³/mol. The summed E-state index contributed by atoms with van der Waals surface area (Å²) in [5.41, 5.74) is 2.21. The minimum Gasteiger partial charge on any atom is -0.487 e. The molecule has 0 saturated heterocycles. The Morgan fingerprint density at radius 3 is 2.61 bits per heavy atom. The number of amides is 1. The number of aliphatic hydroxyl groups excluding tert-OH is 1. The molecule has 4 rings (SSSR count). The van der Waals surface area contributed by atoms with E-state index in [4.69, 9.17) is 4.74 Å². The first kappa shape index (κ1) is 27.1. The number of hydrogen-bond acceptors (Lipinski definition) is 5. The van der Waals surface area contributed by atoms with Crippen molar-refractivity contribution < 1.29 is 23.1 Å². The van der Waals surface area contributed by atoms with Gasteiger partial charge in [-0.15, -0.1) is 0 Å². The summed E-state index contributed by atoms with van der Waals surface area (Å²) >= 11 is 0. The number of carbonyl (C=O) groups excluding carboxylic acids is 1. The third kappa shape index (κ3) is 5.81. The van der Waals surface area contributed by atoms with E-state index in [0.717, 1.165) is 50.5 Å². The van der Waals surface area contributed by atoms with Gasteiger partial charge in [-0.2, -0.15) is 4.31 Å². The zero-order valence-corrected chi connectivity index (χ0v) is 22.8. The van der Waals surface area contributed by atoms with E-state index in [0.29, 0.717) is 12.3 Å². The lowest BCUT2D eigenvalue weighted by molar-refractivity contribution is -0.136. The van der Waals surface area contributed by atoms with E-state index in [-0.39, 0.29) is 41.9 Å². The van der Waals surface area contributed by atoms with Gasteiger partial charge in [0.05, 0.1) is 13.2 Å². The number of nitrogens with zero attached hydrogens (tertiary/aromatic N) is 2. The summed E-state index contributed by atoms with van der Waals surface area (Å²) in [6, 6.07) is 4.82. The summed E-state index contributed by atoms with van der Waals surface area (Å²) in [4.78, 5) is 15.1. The Balaban J connectivity index is 1.68. The van der Waals surface area contributed by atoms with Crippen LogP contribution >= 0.6 is 0 Å². The molecule has 3 atom stereocenters. The smallest absolute Gasteiger partial charge is 0.247 e. The third-order valence-corrected chi connectivity index (χ3v) is 10.1. The van der Waals surface area contributed by atoms with Crippen molar-refractivity contribution >= 4 is 21.5 Å². The average molecular weight is 519 g/mol. The Morgan fingerprint density at radius 2 is 1.94 bits per heavy atom. The van der Waals surface area contributed by atoms with Crippen molar-refractivity contribution in [3.63, 3.8) is 0 Å². The van der Waals surface area contributed by atoms with Gasteiger partial charge in [0, 0.05) is 31.5 Å². The van der Waals surface area contributed by atoms with Crippen LogP contribution in [0.2, 0.25) is 0 Å². The molecule has 0 spiro atoms. The quantitative estimate of drug-likeness (QED) is 0.601. The molecule has 0 unspecified atom stereocenters. The molecule has 1 amide bonds. The number of benzene rings is 1. The highest BCUT2D eigenvalue weighted by Gasteiger charge is 2.39. The Labute approximate surface area is 216 Å². The average Bonchev–Trinajstić information content (AvgIpc) is 2.90. The van der Waals surface area contributed by atoms with E-state index in [1.54, 1.807) is 17.9 Å². The molecular formula is C28H42N2O5S. The molecule has 1 aliphatic heterocycles. The van der Waals surface area contributed by atoms with Gasteiger partial charge < -0.3 is 14.7 Å². The second kappa shape index (κ2) is 11.7. The van der Waals surface area contributed by atoms with Crippen LogP contribution in [0.15, 0.2) is 29.2 Å². The first-order valence-corrected chi connectivity index (χ1v) is 15.0. The van der Waals surface area contributed by atoms with Crippen LogP contribution in [0.25, 0.3) is 5.57 Å². The van der Waals surface area contributed by atoms with Gasteiger partial charge in [-0.3, -0.25) is 4.79 Å². The number of sulfonamides is 1. The van der Waals surface area contributed by atoms with E-state index >= 15 is 0 Å². The maximum absolute atomic E-state index is 13.7. The van der Waals surface area contributed by atoms with Gasteiger partial charge in [0.15, 0.2) is 0 Å². The maximum atomic E-state index is 13.7. The van der Waals surface area contributed by atoms with E-state index in [1.807, 2.05) is 26.1 Å². The maximum Gasteiger partial charge on any atom is 0.247 e. The molecule has 0 aromatic heterocycles. The van der Waals surface area contributed by atoms with E-state index in [2.05, 4.69) is 6.08 Å². The molecule has 1 aromatic carbocycles. The van der Waals surface area contributed by atoms with Gasteiger partial charge >= 0.3 is 0 Å². The summed E-state index contributed by atoms with van der Waals surface area (Å²) in [5, 5.41) is 9.86. The monoisotopic (exact) mass is 518 g/mol. The zero-order valence-electron chi connectivity index (χ0n) is 22.0. The van der Waals surface area contributed by atoms with Crippen molar-refractivity contribution in [2.24, 2.45) is 11.8 Å². The zero-order chi connectivity index (χ0) is 25.9. The summed E-state index contributed by atoms with van der Waals surface area (Å²) in [7, 11) is -2.04. The molecule has 3 aliphatic rings. The molecule has 1 heterocycles. The molecule has 1 saturated carbocycles. The lowest BCUT2D eigenvalue weighted by atomic mass is 9.88. The molecule has 1 N–H and O–H groups in total. The van der Waals surface area contributed by atoms with Crippen molar-refractivity contribution in [2.75, 3.05) is 26.7 Å². The number of rotatable bonds is 6. The molecule has 0 bridgehead atoms. The largest absolute Gasteiger partial charge is 0.487 e. The van der Waals surface area contributed by atoms with Gasteiger partial charge in [0.1, 0.15) is 16.7 Å². The minimum absolute atomic E-state index is 0.0658. The lowest BCUT2D eigenvalue weighted by Crippen LogP contribution is -2.50. The van der Waals surface area contributed by atoms with Gasteiger partial charge in [0.2, 0.25) is 15.9 Å². The Kier molecular flexibility index (Phi) is 8.79. The van der Waals surface area contributed by atoms with Crippen molar-refractivity contribution in [1.82, 2.24) is 9.21 Å². The van der Waals surface area contributed by atoms with Crippen LogP contribution in [-0.4, -0.2) is 67.5 Å². The molecule has 2 aliphatic carbocycles. The lowest BCUT2D eigenvalue weighted by Gasteiger charge is -2.38. The third-order valence-electron chi connectivity index (χ3n) is 8.11. The van der Waals surface area contributed by atoms with Crippen molar-refractivity contribution in [2.45, 2.75) is 88.7 Å². The van der Waals surface area contributed by atoms with E-state index in [9.17, 15) is 18.3 Å². The molecule has 7 nitrogen and oxygen atoms in total. The first-order chi connectivity index (χ1) is 17.2. The van der Waals surface area contributed by atoms with E-state index in [1.165, 1.54) is 22.7 Å². The SMILES string of the molecule is C[C@H]1CN([C@@H](C)CO)S(=O)(=O)c2ccc(C3=CCCCC3)cc2O[C@H]1CN(C)C(=O)C1CCCCC1. The van der Waals surface area contributed by atoms with Gasteiger partial charge in [-0.05, 0) is 68.7 Å². The van der Waals surface area contributed by atoms with Gasteiger partial charge in [0.25, 0.3) is 0 Å². The molecule has 8 heteroatoms. The number of aliphatic hydroxyl groups is 1. The van der Waals surface area contributed by atoms with Crippen LogP contribution in [0.1, 0.15) is 77.2 Å². The summed E-state index contributed by atoms with van der Waals surface area (Å²) < 4.78 is 35.3. The molecule has 1 fully saturated rings. The molecule has 1 aromatic rings. The van der Waals surface area contributed by atoms with Gasteiger partial charge in [-0.25, -0.2) is 8.42 Å². The van der Waals surface area contributed by atoms with Crippen molar-refractivity contribution in [3.05, 3.63) is 29.8 Å². The van der Waals surface area contributed by atoms with Gasteiger partial charge in [-0.1, -0.05) is 38.3 Å². The first-order valence-electron chi connectivity index (χ1n) is 13.6. The second-order valence-electron chi connectivity index (χ2n) is 10.9. The van der Waals surface area contributed by atoms with Crippen molar-refractivity contribution in [1.29, 1.82) is 0 Å². The highest BCUT2D eigenvalue weighted by molar-refractivity contribution is 7.89. The van der Waals surface area contributed by atoms with Crippen LogP contribution in [0, 0.1) is 11.8 Å². The highest BCUT2D eigenvalue weighted by atomic mass is 32.2. The fourth-order valence-corrected chi connectivity index (χ4v) is 7.59. The Morgan fingerprint density at radius 1 is 1.19 bits per heavy atom. The number of fused-ring (bicyclic) bond motifs is 1. The van der Waals surface area contributed by atoms with Crippen molar-refractivity contribution in [3.8, 4) is 5.75 Å². The molecule has 0 radical (unpaired) electrons. The van der Waals surface area contributed by atoms with Crippen LogP contribution in [-0.2, 0) is 14.8 Å². The summed E-state index contributed by atoms with van der Waals surface area (Å²) in [6.07, 6.45) is 11.4. The van der Waals surface area contributed by atoms with Crippen LogP contribution in [0.5, 0.6) is 5.75 Å². The van der Waals surface area contributed by atoms with Crippen LogP contribution in [0.4, 0.5) is 0 Å². The fourth-order valence-electron chi connectivity index (χ4n) is 5.76.